The van der Waals surface area contributed by atoms with Gasteiger partial charge in [-0.05, 0) is 31.8 Å². The van der Waals surface area contributed by atoms with Crippen molar-refractivity contribution >= 4 is 5.78 Å². The van der Waals surface area contributed by atoms with Crippen LogP contribution in [-0.4, -0.2) is 12.0 Å². The van der Waals surface area contributed by atoms with Gasteiger partial charge in [0.1, 0.15) is 6.17 Å². The number of ketones is 1. The van der Waals surface area contributed by atoms with Crippen LogP contribution in [0.15, 0.2) is 12.2 Å². The average Bonchev–Trinajstić information content (AvgIpc) is 2.04. The van der Waals surface area contributed by atoms with Gasteiger partial charge in [-0.2, -0.15) is 0 Å². The molecule has 0 radical (unpaired) electrons. The minimum absolute atomic E-state index is 0.0396. The van der Waals surface area contributed by atoms with Gasteiger partial charge in [-0.3, -0.25) is 4.79 Å². The molecule has 0 heterocycles. The quantitative estimate of drug-likeness (QED) is 0.603. The Hall–Kier alpha value is -0.660. The molecule has 0 aromatic rings. The number of rotatable bonds is 2. The van der Waals surface area contributed by atoms with Crippen LogP contribution in [-0.2, 0) is 4.79 Å². The Labute approximate surface area is 79.0 Å². The van der Waals surface area contributed by atoms with Crippen molar-refractivity contribution < 1.29 is 9.18 Å². The van der Waals surface area contributed by atoms with Crippen molar-refractivity contribution in [1.82, 2.24) is 0 Å². The number of hydrogen-bond acceptors (Lipinski definition) is 1. The molecule has 74 valence electrons. The highest BCUT2D eigenvalue weighted by Gasteiger charge is 2.34. The lowest BCUT2D eigenvalue weighted by Gasteiger charge is -2.29. The smallest absolute Gasteiger partial charge is 0.161 e. The maximum Gasteiger partial charge on any atom is 0.161 e. The average molecular weight is 184 g/mol. The Morgan fingerprint density at radius 3 is 2.69 bits per heavy atom. The lowest BCUT2D eigenvalue weighted by Crippen LogP contribution is -2.33. The highest BCUT2D eigenvalue weighted by atomic mass is 19.1. The molecule has 0 spiro atoms. The van der Waals surface area contributed by atoms with Crippen LogP contribution in [0, 0.1) is 11.8 Å². The maximum absolute atomic E-state index is 13.4. The van der Waals surface area contributed by atoms with Gasteiger partial charge in [0.05, 0.1) is 5.92 Å². The Kier molecular flexibility index (Phi) is 3.64. The zero-order valence-corrected chi connectivity index (χ0v) is 8.29. The van der Waals surface area contributed by atoms with Crippen LogP contribution in [0.3, 0.4) is 0 Å². The van der Waals surface area contributed by atoms with Crippen LogP contribution >= 0.6 is 0 Å². The second kappa shape index (κ2) is 4.54. The third-order valence-corrected chi connectivity index (χ3v) is 2.80. The first kappa shape index (κ1) is 10.4. The minimum Gasteiger partial charge on any atom is -0.294 e. The number of allylic oxidation sites excluding steroid dienone is 2. The van der Waals surface area contributed by atoms with Crippen molar-refractivity contribution in [2.45, 2.75) is 39.3 Å². The third kappa shape index (κ3) is 2.39. The van der Waals surface area contributed by atoms with E-state index < -0.39 is 6.17 Å². The number of carbonyl (C=O) groups excluding carboxylic acids is 1. The molecule has 0 aliphatic heterocycles. The van der Waals surface area contributed by atoms with Gasteiger partial charge in [0.25, 0.3) is 0 Å². The number of hydrogen-bond donors (Lipinski definition) is 0. The van der Waals surface area contributed by atoms with E-state index in [2.05, 4.69) is 0 Å². The summed E-state index contributed by atoms with van der Waals surface area (Å²) in [5.74, 6) is -0.223. The standard InChI is InChI=1S/C11H17FO/c1-3-5-10(13)11-8(2)6-4-7-9(11)12/h3,5,8-9,11H,4,6-7H2,1-2H3/b5-3+/t8-,9+,11+/m0/s1. The van der Waals surface area contributed by atoms with E-state index in [0.29, 0.717) is 6.42 Å². The Morgan fingerprint density at radius 2 is 2.15 bits per heavy atom. The molecule has 1 saturated carbocycles. The Morgan fingerprint density at radius 1 is 1.46 bits per heavy atom. The topological polar surface area (TPSA) is 17.1 Å². The van der Waals surface area contributed by atoms with E-state index >= 15 is 0 Å². The van der Waals surface area contributed by atoms with Gasteiger partial charge < -0.3 is 0 Å². The largest absolute Gasteiger partial charge is 0.294 e. The lowest BCUT2D eigenvalue weighted by molar-refractivity contribution is -0.123. The number of carbonyl (C=O) groups is 1. The van der Waals surface area contributed by atoms with Crippen LogP contribution in [0.25, 0.3) is 0 Å². The molecule has 0 aromatic carbocycles. The number of alkyl halides is 1. The van der Waals surface area contributed by atoms with Crippen LogP contribution in [0.2, 0.25) is 0 Å². The first-order valence-electron chi connectivity index (χ1n) is 4.97. The highest BCUT2D eigenvalue weighted by Crippen LogP contribution is 2.32. The fraction of sp³-hybridized carbons (Fsp3) is 0.727. The van der Waals surface area contributed by atoms with E-state index in [1.54, 1.807) is 13.0 Å². The van der Waals surface area contributed by atoms with Gasteiger partial charge in [-0.15, -0.1) is 0 Å². The van der Waals surface area contributed by atoms with Crippen LogP contribution in [0.5, 0.6) is 0 Å². The van der Waals surface area contributed by atoms with Crippen molar-refractivity contribution in [1.29, 1.82) is 0 Å². The fourth-order valence-electron chi connectivity index (χ4n) is 2.08. The summed E-state index contributed by atoms with van der Waals surface area (Å²) in [4.78, 5) is 11.5. The summed E-state index contributed by atoms with van der Waals surface area (Å²) in [6, 6.07) is 0. The van der Waals surface area contributed by atoms with E-state index in [-0.39, 0.29) is 17.6 Å². The van der Waals surface area contributed by atoms with Crippen LogP contribution in [0.1, 0.15) is 33.1 Å². The van der Waals surface area contributed by atoms with Crippen molar-refractivity contribution in [3.63, 3.8) is 0 Å². The van der Waals surface area contributed by atoms with Gasteiger partial charge >= 0.3 is 0 Å². The SMILES string of the molecule is C/C=C/C(=O)[C@H]1[C@H](F)CCC[C@@H]1C. The predicted octanol–water partition coefficient (Wildman–Crippen LogP) is 2.91. The molecule has 1 aliphatic carbocycles. The molecule has 0 N–H and O–H groups in total. The summed E-state index contributed by atoms with van der Waals surface area (Å²) in [5, 5.41) is 0. The monoisotopic (exact) mass is 184 g/mol. The van der Waals surface area contributed by atoms with Crippen molar-refractivity contribution in [2.24, 2.45) is 11.8 Å². The second-order valence-electron chi connectivity index (χ2n) is 3.85. The van der Waals surface area contributed by atoms with Gasteiger partial charge in [0.15, 0.2) is 5.78 Å². The van der Waals surface area contributed by atoms with Gasteiger partial charge in [0.2, 0.25) is 0 Å². The Balaban J connectivity index is 2.68. The normalized spacial score (nSPS) is 35.2. The molecule has 1 rings (SSSR count). The summed E-state index contributed by atoms with van der Waals surface area (Å²) in [6.45, 7) is 3.76. The highest BCUT2D eigenvalue weighted by molar-refractivity contribution is 5.92. The van der Waals surface area contributed by atoms with E-state index in [4.69, 9.17) is 0 Å². The van der Waals surface area contributed by atoms with Crippen molar-refractivity contribution in [3.8, 4) is 0 Å². The first-order chi connectivity index (χ1) is 6.16. The second-order valence-corrected chi connectivity index (χ2v) is 3.85. The molecule has 13 heavy (non-hydrogen) atoms. The fourth-order valence-corrected chi connectivity index (χ4v) is 2.08. The summed E-state index contributed by atoms with van der Waals surface area (Å²) in [7, 11) is 0. The van der Waals surface area contributed by atoms with E-state index in [9.17, 15) is 9.18 Å². The van der Waals surface area contributed by atoms with Gasteiger partial charge in [-0.25, -0.2) is 4.39 Å². The lowest BCUT2D eigenvalue weighted by atomic mass is 9.76. The van der Waals surface area contributed by atoms with E-state index in [1.165, 1.54) is 6.08 Å². The van der Waals surface area contributed by atoms with Crippen LogP contribution < -0.4 is 0 Å². The maximum atomic E-state index is 13.4. The summed E-state index contributed by atoms with van der Waals surface area (Å²) >= 11 is 0. The van der Waals surface area contributed by atoms with E-state index in [1.807, 2.05) is 6.92 Å². The zero-order valence-electron chi connectivity index (χ0n) is 8.29. The molecular formula is C11H17FO. The predicted molar refractivity (Wildman–Crippen MR) is 51.2 cm³/mol. The Bertz CT molecular complexity index is 200. The van der Waals surface area contributed by atoms with Gasteiger partial charge in [-0.1, -0.05) is 19.4 Å². The van der Waals surface area contributed by atoms with E-state index in [0.717, 1.165) is 12.8 Å². The van der Waals surface area contributed by atoms with Crippen LogP contribution in [0.4, 0.5) is 4.39 Å². The molecule has 2 heteroatoms. The molecule has 3 atom stereocenters. The molecule has 0 saturated heterocycles. The molecule has 1 aliphatic rings. The summed E-state index contributed by atoms with van der Waals surface area (Å²) in [5.41, 5.74) is 0. The van der Waals surface area contributed by atoms with Crippen molar-refractivity contribution in [3.05, 3.63) is 12.2 Å². The third-order valence-electron chi connectivity index (χ3n) is 2.80. The summed E-state index contributed by atoms with van der Waals surface area (Å²) in [6.07, 6.45) is 4.72. The molecule has 0 unspecified atom stereocenters. The number of halogens is 1. The molecule has 1 fully saturated rings. The molecule has 0 bridgehead atoms. The molecular weight excluding hydrogens is 167 g/mol. The first-order valence-corrected chi connectivity index (χ1v) is 4.97. The zero-order chi connectivity index (χ0) is 9.84. The summed E-state index contributed by atoms with van der Waals surface area (Å²) < 4.78 is 13.4. The molecule has 1 nitrogen and oxygen atoms in total. The molecule has 0 aromatic heterocycles. The minimum atomic E-state index is -0.924. The molecule has 0 amide bonds. The van der Waals surface area contributed by atoms with Gasteiger partial charge in [0, 0.05) is 0 Å². The van der Waals surface area contributed by atoms with Crippen molar-refractivity contribution in [2.75, 3.05) is 0 Å².